The Hall–Kier alpha value is -2.73. The summed E-state index contributed by atoms with van der Waals surface area (Å²) in [7, 11) is 1.71. The van der Waals surface area contributed by atoms with E-state index in [1.807, 2.05) is 49.4 Å². The molecule has 2 rings (SSSR count). The van der Waals surface area contributed by atoms with Crippen molar-refractivity contribution in [2.45, 2.75) is 39.3 Å². The summed E-state index contributed by atoms with van der Waals surface area (Å²) in [6.07, 6.45) is 0.965. The Kier molecular flexibility index (Phi) is 8.80. The van der Waals surface area contributed by atoms with Gasteiger partial charge in [-0.1, -0.05) is 48.9 Å². The van der Waals surface area contributed by atoms with E-state index < -0.39 is 6.09 Å². The van der Waals surface area contributed by atoms with Crippen LogP contribution in [0.5, 0.6) is 0 Å². The third-order valence-corrected chi connectivity index (χ3v) is 5.12. The van der Waals surface area contributed by atoms with E-state index in [1.54, 1.807) is 18.0 Å². The van der Waals surface area contributed by atoms with E-state index in [9.17, 15) is 9.59 Å². The lowest BCUT2D eigenvalue weighted by Gasteiger charge is -2.25. The van der Waals surface area contributed by atoms with Crippen LogP contribution in [0.1, 0.15) is 31.4 Å². The minimum Gasteiger partial charge on any atom is -0.449 e. The summed E-state index contributed by atoms with van der Waals surface area (Å²) in [5.41, 5.74) is 2.75. The highest BCUT2D eigenvalue weighted by Crippen LogP contribution is 2.14. The van der Waals surface area contributed by atoms with Gasteiger partial charge in [0, 0.05) is 36.8 Å². The Morgan fingerprint density at radius 2 is 1.83 bits per heavy atom. The van der Waals surface area contributed by atoms with E-state index in [2.05, 4.69) is 17.6 Å². The Balaban J connectivity index is 1.70. The Morgan fingerprint density at radius 1 is 1.14 bits per heavy atom. The highest BCUT2D eigenvalue weighted by Gasteiger charge is 2.16. The zero-order valence-electron chi connectivity index (χ0n) is 17.1. The maximum atomic E-state index is 12.3. The minimum atomic E-state index is -0.507. The summed E-state index contributed by atoms with van der Waals surface area (Å²) in [6.45, 7) is 4.54. The number of benzene rings is 2. The summed E-state index contributed by atoms with van der Waals surface area (Å²) < 4.78 is 5.22. The molecule has 156 valence electrons. The van der Waals surface area contributed by atoms with Crippen molar-refractivity contribution in [3.63, 3.8) is 0 Å². The number of nitrogens with one attached hydrogen (secondary N) is 2. The predicted molar refractivity (Wildman–Crippen MR) is 116 cm³/mol. The zero-order valence-corrected chi connectivity index (χ0v) is 17.8. The number of hydrogen-bond donors (Lipinski definition) is 2. The average molecular weight is 418 g/mol. The van der Waals surface area contributed by atoms with Crippen molar-refractivity contribution in [1.82, 2.24) is 10.2 Å². The maximum Gasteiger partial charge on any atom is 0.411 e. The second-order valence-electron chi connectivity index (χ2n) is 6.81. The molecular weight excluding hydrogens is 390 g/mol. The van der Waals surface area contributed by atoms with Crippen molar-refractivity contribution in [2.24, 2.45) is 0 Å². The normalized spacial score (nSPS) is 11.4. The first kappa shape index (κ1) is 22.6. The van der Waals surface area contributed by atoms with Gasteiger partial charge in [-0.2, -0.15) is 0 Å². The number of amides is 3. The molecule has 0 unspecified atom stereocenters. The average Bonchev–Trinajstić information content (AvgIpc) is 2.72. The monoisotopic (exact) mass is 417 g/mol. The fourth-order valence-corrected chi connectivity index (χ4v) is 2.83. The molecule has 0 bridgehead atoms. The predicted octanol–water partition coefficient (Wildman–Crippen LogP) is 5.07. The van der Waals surface area contributed by atoms with Crippen LogP contribution in [0.4, 0.5) is 15.3 Å². The molecule has 0 saturated carbocycles. The van der Waals surface area contributed by atoms with Gasteiger partial charge in [-0.3, -0.25) is 5.32 Å². The van der Waals surface area contributed by atoms with Gasteiger partial charge in [-0.25, -0.2) is 9.59 Å². The fraction of sp³-hybridized carbons (Fsp3) is 0.364. The smallest absolute Gasteiger partial charge is 0.411 e. The molecule has 29 heavy (non-hydrogen) atoms. The molecule has 0 saturated heterocycles. The molecule has 2 aromatic rings. The van der Waals surface area contributed by atoms with Crippen LogP contribution in [0.15, 0.2) is 48.5 Å². The first-order valence-corrected chi connectivity index (χ1v) is 10.0. The molecule has 2 N–H and O–H groups in total. The SMILES string of the molecule is CCc1ccc(NC(=O)OCC[C@H](C)N(C)C(=O)NCc2ccccc2Cl)cc1. The van der Waals surface area contributed by atoms with Crippen LogP contribution in [0, 0.1) is 0 Å². The quantitative estimate of drug-likeness (QED) is 0.629. The van der Waals surface area contributed by atoms with Crippen molar-refractivity contribution < 1.29 is 14.3 Å². The lowest BCUT2D eigenvalue weighted by atomic mass is 10.1. The number of anilines is 1. The number of carbonyl (C=O) groups is 2. The first-order chi connectivity index (χ1) is 13.9. The summed E-state index contributed by atoms with van der Waals surface area (Å²) in [6, 6.07) is 14.7. The van der Waals surface area contributed by atoms with E-state index >= 15 is 0 Å². The second-order valence-corrected chi connectivity index (χ2v) is 7.22. The van der Waals surface area contributed by atoms with Crippen molar-refractivity contribution >= 4 is 29.4 Å². The Bertz CT molecular complexity index is 811. The number of urea groups is 1. The van der Waals surface area contributed by atoms with Crippen LogP contribution < -0.4 is 10.6 Å². The highest BCUT2D eigenvalue weighted by atomic mass is 35.5. The number of nitrogens with zero attached hydrogens (tertiary/aromatic N) is 1. The number of ether oxygens (including phenoxy) is 1. The van der Waals surface area contributed by atoms with E-state index in [0.29, 0.717) is 23.7 Å². The molecule has 0 aliphatic rings. The molecule has 0 radical (unpaired) electrons. The molecule has 1 atom stereocenters. The minimum absolute atomic E-state index is 0.0992. The van der Waals surface area contributed by atoms with Crippen LogP contribution in [0.2, 0.25) is 5.02 Å². The van der Waals surface area contributed by atoms with Gasteiger partial charge >= 0.3 is 12.1 Å². The van der Waals surface area contributed by atoms with Crippen molar-refractivity contribution in [3.8, 4) is 0 Å². The number of halogens is 1. The van der Waals surface area contributed by atoms with Crippen molar-refractivity contribution in [3.05, 3.63) is 64.7 Å². The van der Waals surface area contributed by atoms with Gasteiger partial charge in [0.05, 0.1) is 6.61 Å². The molecule has 6 nitrogen and oxygen atoms in total. The van der Waals surface area contributed by atoms with Crippen LogP contribution in [0.25, 0.3) is 0 Å². The lowest BCUT2D eigenvalue weighted by molar-refractivity contribution is 0.144. The van der Waals surface area contributed by atoms with Gasteiger partial charge < -0.3 is 15.0 Å². The highest BCUT2D eigenvalue weighted by molar-refractivity contribution is 6.31. The lowest BCUT2D eigenvalue weighted by Crippen LogP contribution is -2.42. The molecule has 0 aliphatic heterocycles. The van der Waals surface area contributed by atoms with E-state index in [-0.39, 0.29) is 18.7 Å². The van der Waals surface area contributed by atoms with Crippen molar-refractivity contribution in [2.75, 3.05) is 19.0 Å². The molecule has 0 aromatic heterocycles. The van der Waals surface area contributed by atoms with Gasteiger partial charge in [0.1, 0.15) is 0 Å². The zero-order chi connectivity index (χ0) is 21.2. The van der Waals surface area contributed by atoms with Crippen molar-refractivity contribution in [1.29, 1.82) is 0 Å². The summed E-state index contributed by atoms with van der Waals surface area (Å²) in [5, 5.41) is 6.16. The van der Waals surface area contributed by atoms with Crippen LogP contribution in [0.3, 0.4) is 0 Å². The van der Waals surface area contributed by atoms with E-state index in [1.165, 1.54) is 5.56 Å². The first-order valence-electron chi connectivity index (χ1n) is 9.67. The third kappa shape index (κ3) is 7.31. The summed E-state index contributed by atoms with van der Waals surface area (Å²) in [5.74, 6) is 0. The standard InChI is InChI=1S/C22H28ClN3O3/c1-4-17-9-11-19(12-10-17)25-22(28)29-14-13-16(2)26(3)21(27)24-15-18-7-5-6-8-20(18)23/h5-12,16H,4,13-15H2,1-3H3,(H,24,27)(H,25,28)/t16-/m0/s1. The van der Waals surface area contributed by atoms with Crippen LogP contribution in [-0.4, -0.2) is 36.7 Å². The Labute approximate surface area is 177 Å². The van der Waals surface area contributed by atoms with Crippen LogP contribution in [-0.2, 0) is 17.7 Å². The number of hydrogen-bond acceptors (Lipinski definition) is 3. The number of rotatable bonds is 8. The Morgan fingerprint density at radius 3 is 2.48 bits per heavy atom. The van der Waals surface area contributed by atoms with Gasteiger partial charge in [-0.05, 0) is 42.7 Å². The van der Waals surface area contributed by atoms with Gasteiger partial charge in [0.15, 0.2) is 0 Å². The van der Waals surface area contributed by atoms with Gasteiger partial charge in [0.25, 0.3) is 0 Å². The van der Waals surface area contributed by atoms with Gasteiger partial charge in [0.2, 0.25) is 0 Å². The summed E-state index contributed by atoms with van der Waals surface area (Å²) >= 11 is 6.10. The largest absolute Gasteiger partial charge is 0.449 e. The third-order valence-electron chi connectivity index (χ3n) is 4.75. The molecular formula is C22H28ClN3O3. The maximum absolute atomic E-state index is 12.3. The molecule has 2 aromatic carbocycles. The molecule has 0 aliphatic carbocycles. The fourth-order valence-electron chi connectivity index (χ4n) is 2.63. The number of aryl methyl sites for hydroxylation is 1. The second kappa shape index (κ2) is 11.3. The molecule has 3 amide bonds. The summed E-state index contributed by atoms with van der Waals surface area (Å²) in [4.78, 5) is 25.8. The van der Waals surface area contributed by atoms with Gasteiger partial charge in [-0.15, -0.1) is 0 Å². The molecule has 0 spiro atoms. The molecule has 0 heterocycles. The van der Waals surface area contributed by atoms with Crippen LogP contribution >= 0.6 is 11.6 Å². The van der Waals surface area contributed by atoms with E-state index in [0.717, 1.165) is 12.0 Å². The molecule has 0 fully saturated rings. The van der Waals surface area contributed by atoms with E-state index in [4.69, 9.17) is 16.3 Å². The molecule has 7 heteroatoms. The number of carbonyl (C=O) groups excluding carboxylic acids is 2. The topological polar surface area (TPSA) is 70.7 Å².